The minimum Gasteiger partial charge on any atom is -0.288 e. The number of hydrogen-bond donors (Lipinski definition) is 2. The van der Waals surface area contributed by atoms with Crippen molar-refractivity contribution < 1.29 is 14.8 Å². The highest BCUT2D eigenvalue weighted by molar-refractivity contribution is 8.26. The van der Waals surface area contributed by atoms with E-state index in [0.29, 0.717) is 16.6 Å². The van der Waals surface area contributed by atoms with E-state index in [1.165, 1.54) is 16.8 Å². The molecule has 1 aromatic heterocycles. The average Bonchev–Trinajstić information content (AvgIpc) is 2.56. The first-order valence-electron chi connectivity index (χ1n) is 2.94. The molecule has 0 aliphatic carbocycles. The highest BCUT2D eigenvalue weighted by Gasteiger charge is 2.12. The molecule has 0 saturated carbocycles. The summed E-state index contributed by atoms with van der Waals surface area (Å²) >= 11 is 1.68. The van der Waals surface area contributed by atoms with Gasteiger partial charge in [-0.15, -0.1) is 11.3 Å². The number of carbonyl (C=O) groups is 2. The van der Waals surface area contributed by atoms with Crippen LogP contribution in [0.5, 0.6) is 0 Å². The van der Waals surface area contributed by atoms with Gasteiger partial charge in [-0.1, -0.05) is 6.07 Å². The lowest BCUT2D eigenvalue weighted by molar-refractivity contribution is 0.109. The second-order valence-corrected chi connectivity index (χ2v) is 3.66. The topological polar surface area (TPSA) is 66.4 Å². The molecule has 1 aromatic rings. The first-order chi connectivity index (χ1) is 5.74. The molecule has 1 rings (SSSR count). The molecule has 12 heavy (non-hydrogen) atoms. The molecule has 0 bridgehead atoms. The molecule has 0 atom stereocenters. The summed E-state index contributed by atoms with van der Waals surface area (Å²) in [6.45, 7) is 0. The second kappa shape index (κ2) is 4.24. The van der Waals surface area contributed by atoms with E-state index in [-0.39, 0.29) is 5.12 Å². The van der Waals surface area contributed by atoms with Crippen LogP contribution in [0.25, 0.3) is 0 Å². The molecule has 0 aliphatic heterocycles. The van der Waals surface area contributed by atoms with E-state index in [9.17, 15) is 9.59 Å². The fraction of sp³-hybridized carbons (Fsp3) is 0. The van der Waals surface area contributed by atoms with Crippen molar-refractivity contribution >= 4 is 33.5 Å². The smallest absolute Gasteiger partial charge is 0.288 e. The minimum absolute atomic E-state index is 0.364. The van der Waals surface area contributed by atoms with Gasteiger partial charge in [0.15, 0.2) is 0 Å². The normalized spacial score (nSPS) is 9.42. The molecule has 64 valence electrons. The quantitative estimate of drug-likeness (QED) is 0.538. The van der Waals surface area contributed by atoms with E-state index in [2.05, 4.69) is 0 Å². The molecule has 1 heterocycles. The van der Waals surface area contributed by atoms with Crippen LogP contribution < -0.4 is 5.48 Å². The van der Waals surface area contributed by atoms with Gasteiger partial charge < -0.3 is 0 Å². The van der Waals surface area contributed by atoms with Gasteiger partial charge in [0.25, 0.3) is 0 Å². The van der Waals surface area contributed by atoms with Crippen molar-refractivity contribution in [2.45, 2.75) is 0 Å². The highest BCUT2D eigenvalue weighted by atomic mass is 32.2. The van der Waals surface area contributed by atoms with Crippen LogP contribution in [0.2, 0.25) is 0 Å². The predicted molar refractivity (Wildman–Crippen MR) is 46.6 cm³/mol. The third kappa shape index (κ3) is 2.33. The summed E-state index contributed by atoms with van der Waals surface area (Å²) in [4.78, 5) is 22.1. The van der Waals surface area contributed by atoms with Crippen LogP contribution in [0, 0.1) is 0 Å². The number of hydrogen-bond acceptors (Lipinski definition) is 5. The molecule has 0 aromatic carbocycles. The number of rotatable bonds is 1. The van der Waals surface area contributed by atoms with Crippen molar-refractivity contribution in [1.82, 2.24) is 5.48 Å². The molecule has 0 saturated heterocycles. The Labute approximate surface area is 76.5 Å². The van der Waals surface area contributed by atoms with E-state index in [1.54, 1.807) is 17.5 Å². The fourth-order valence-electron chi connectivity index (χ4n) is 0.552. The van der Waals surface area contributed by atoms with Crippen molar-refractivity contribution in [3.05, 3.63) is 22.4 Å². The Morgan fingerprint density at radius 3 is 2.83 bits per heavy atom. The Balaban J connectivity index is 2.56. The van der Waals surface area contributed by atoms with Gasteiger partial charge in [-0.3, -0.25) is 14.8 Å². The molecule has 2 N–H and O–H groups in total. The lowest BCUT2D eigenvalue weighted by Gasteiger charge is -1.93. The Morgan fingerprint density at radius 1 is 1.58 bits per heavy atom. The third-order valence-electron chi connectivity index (χ3n) is 0.999. The average molecular weight is 203 g/mol. The molecule has 0 aliphatic rings. The van der Waals surface area contributed by atoms with Gasteiger partial charge in [-0.25, -0.2) is 5.48 Å². The van der Waals surface area contributed by atoms with Crippen LogP contribution in [-0.2, 0) is 0 Å². The molecule has 0 unspecified atom stereocenters. The van der Waals surface area contributed by atoms with Crippen molar-refractivity contribution in [3.8, 4) is 0 Å². The summed E-state index contributed by atoms with van der Waals surface area (Å²) in [5.41, 5.74) is 1.37. The van der Waals surface area contributed by atoms with E-state index >= 15 is 0 Å². The molecular weight excluding hydrogens is 198 g/mol. The zero-order valence-electron chi connectivity index (χ0n) is 5.81. The van der Waals surface area contributed by atoms with Gasteiger partial charge in [0.2, 0.25) is 5.12 Å². The predicted octanol–water partition coefficient (Wildman–Crippen LogP) is 1.72. The monoisotopic (exact) mass is 203 g/mol. The standard InChI is InChI=1S/C6H5NO3S2/c8-5(12-6(9)7-10)4-2-1-3-11-4/h1-3,10H,(H,7,9). The van der Waals surface area contributed by atoms with Crippen LogP contribution in [0.3, 0.4) is 0 Å². The third-order valence-corrected chi connectivity index (χ3v) is 2.68. The number of nitrogens with one attached hydrogen (secondary N) is 1. The van der Waals surface area contributed by atoms with Crippen molar-refractivity contribution in [2.24, 2.45) is 0 Å². The maximum Gasteiger partial charge on any atom is 0.310 e. The SMILES string of the molecule is O=C(NO)SC(=O)c1cccs1. The molecule has 1 amide bonds. The Morgan fingerprint density at radius 2 is 2.33 bits per heavy atom. The maximum atomic E-state index is 11.1. The van der Waals surface area contributed by atoms with Crippen LogP contribution in [-0.4, -0.2) is 15.6 Å². The van der Waals surface area contributed by atoms with E-state index in [4.69, 9.17) is 5.21 Å². The summed E-state index contributed by atoms with van der Waals surface area (Å²) in [6, 6.07) is 3.33. The van der Waals surface area contributed by atoms with Crippen LogP contribution in [0.15, 0.2) is 17.5 Å². The van der Waals surface area contributed by atoms with Crippen LogP contribution >= 0.6 is 23.1 Å². The summed E-state index contributed by atoms with van der Waals surface area (Å²) < 4.78 is 0. The number of thioether (sulfide) groups is 1. The zero-order valence-corrected chi connectivity index (χ0v) is 7.45. The van der Waals surface area contributed by atoms with Gasteiger partial charge in [-0.2, -0.15) is 0 Å². The first-order valence-corrected chi connectivity index (χ1v) is 4.63. The van der Waals surface area contributed by atoms with Crippen molar-refractivity contribution in [1.29, 1.82) is 0 Å². The Hall–Kier alpha value is -0.850. The van der Waals surface area contributed by atoms with Crippen LogP contribution in [0.4, 0.5) is 4.79 Å². The Bertz CT molecular complexity index is 283. The highest BCUT2D eigenvalue weighted by Crippen LogP contribution is 2.17. The molecule has 0 radical (unpaired) electrons. The summed E-state index contributed by atoms with van der Waals surface area (Å²) in [6.07, 6.45) is 0. The van der Waals surface area contributed by atoms with Gasteiger partial charge in [0.05, 0.1) is 4.88 Å². The molecule has 0 spiro atoms. The second-order valence-electron chi connectivity index (χ2n) is 1.77. The van der Waals surface area contributed by atoms with Gasteiger partial charge in [-0.05, 0) is 11.4 Å². The number of amides is 1. The summed E-state index contributed by atoms with van der Waals surface area (Å²) in [5.74, 6) is 0. The molecule has 4 nitrogen and oxygen atoms in total. The van der Waals surface area contributed by atoms with E-state index in [0.717, 1.165) is 0 Å². The zero-order chi connectivity index (χ0) is 8.97. The van der Waals surface area contributed by atoms with Gasteiger partial charge >= 0.3 is 5.24 Å². The van der Waals surface area contributed by atoms with Crippen molar-refractivity contribution in [2.75, 3.05) is 0 Å². The Kier molecular flexibility index (Phi) is 3.27. The minimum atomic E-state index is -0.770. The van der Waals surface area contributed by atoms with E-state index in [1.807, 2.05) is 0 Å². The lowest BCUT2D eigenvalue weighted by Crippen LogP contribution is -2.14. The van der Waals surface area contributed by atoms with Gasteiger partial charge in [0, 0.05) is 11.8 Å². The molecule has 6 heteroatoms. The molecular formula is C6H5NO3S2. The lowest BCUT2D eigenvalue weighted by atomic mass is 10.5. The maximum absolute atomic E-state index is 11.1. The number of carbonyl (C=O) groups excluding carboxylic acids is 2. The summed E-state index contributed by atoms with van der Waals surface area (Å²) in [7, 11) is 0. The van der Waals surface area contributed by atoms with Gasteiger partial charge in [0.1, 0.15) is 0 Å². The largest absolute Gasteiger partial charge is 0.310 e. The molecule has 0 fully saturated rings. The van der Waals surface area contributed by atoms with E-state index < -0.39 is 5.24 Å². The summed E-state index contributed by atoms with van der Waals surface area (Å²) in [5, 5.41) is 8.72. The number of thiophene rings is 1. The van der Waals surface area contributed by atoms with Crippen molar-refractivity contribution in [3.63, 3.8) is 0 Å². The fourth-order valence-corrected chi connectivity index (χ4v) is 1.76. The number of hydroxylamine groups is 1. The van der Waals surface area contributed by atoms with Crippen LogP contribution in [0.1, 0.15) is 9.67 Å². The first kappa shape index (κ1) is 9.24.